The van der Waals surface area contributed by atoms with Crippen molar-refractivity contribution in [2.45, 2.75) is 12.3 Å². The van der Waals surface area contributed by atoms with Crippen molar-refractivity contribution in [2.24, 2.45) is 5.73 Å². The average molecular weight is 165 g/mol. The van der Waals surface area contributed by atoms with Gasteiger partial charge in [-0.05, 0) is 24.6 Å². The van der Waals surface area contributed by atoms with Crippen LogP contribution < -0.4 is 5.73 Å². The molecule has 12 heavy (non-hydrogen) atoms. The Kier molecular flexibility index (Phi) is 1.48. The van der Waals surface area contributed by atoms with E-state index in [1.807, 2.05) is 6.07 Å². The zero-order valence-electron chi connectivity index (χ0n) is 6.62. The van der Waals surface area contributed by atoms with E-state index in [4.69, 9.17) is 10.8 Å². The third-order valence-corrected chi connectivity index (χ3v) is 2.47. The van der Waals surface area contributed by atoms with Crippen molar-refractivity contribution in [3.05, 3.63) is 23.3 Å². The van der Waals surface area contributed by atoms with Crippen LogP contribution in [0.25, 0.3) is 0 Å². The largest absolute Gasteiger partial charge is 0.504 e. The summed E-state index contributed by atoms with van der Waals surface area (Å²) < 4.78 is 0. The second kappa shape index (κ2) is 2.38. The molecule has 0 saturated carbocycles. The lowest BCUT2D eigenvalue weighted by atomic mass is 9.77. The molecule has 0 bridgehead atoms. The molecule has 1 aromatic rings. The van der Waals surface area contributed by atoms with Crippen LogP contribution in [0.1, 0.15) is 17.0 Å². The first-order chi connectivity index (χ1) is 5.74. The number of hydrogen-bond donors (Lipinski definition) is 3. The minimum absolute atomic E-state index is 0.0252. The summed E-state index contributed by atoms with van der Waals surface area (Å²) in [6, 6.07) is 3.33. The maximum Gasteiger partial charge on any atom is 0.160 e. The third kappa shape index (κ3) is 0.800. The maximum absolute atomic E-state index is 9.36. The van der Waals surface area contributed by atoms with E-state index in [-0.39, 0.29) is 11.5 Å². The van der Waals surface area contributed by atoms with E-state index < -0.39 is 0 Å². The van der Waals surface area contributed by atoms with Crippen LogP contribution in [-0.4, -0.2) is 16.8 Å². The van der Waals surface area contributed by atoms with Gasteiger partial charge in [0.2, 0.25) is 0 Å². The molecular formula is C9H11NO2. The number of fused-ring (bicyclic) bond motifs is 1. The summed E-state index contributed by atoms with van der Waals surface area (Å²) in [6.45, 7) is 0.608. The zero-order chi connectivity index (χ0) is 8.72. The van der Waals surface area contributed by atoms with Crippen molar-refractivity contribution in [1.29, 1.82) is 0 Å². The van der Waals surface area contributed by atoms with Gasteiger partial charge in [0, 0.05) is 11.5 Å². The Labute approximate surface area is 70.4 Å². The standard InChI is InChI=1S/C9H11NO2/c10-4-5-3-7-6(5)1-2-8(11)9(7)12/h1-2,5,11-12H,3-4,10H2. The molecule has 0 amide bonds. The molecule has 0 spiro atoms. The van der Waals surface area contributed by atoms with Gasteiger partial charge in [0.15, 0.2) is 11.5 Å². The first-order valence-corrected chi connectivity index (χ1v) is 3.97. The Morgan fingerprint density at radius 1 is 1.42 bits per heavy atom. The van der Waals surface area contributed by atoms with Crippen LogP contribution >= 0.6 is 0 Å². The number of hydrogen-bond acceptors (Lipinski definition) is 3. The van der Waals surface area contributed by atoms with Crippen LogP contribution in [0.3, 0.4) is 0 Å². The highest BCUT2D eigenvalue weighted by Crippen LogP contribution is 2.43. The Bertz CT molecular complexity index is 323. The van der Waals surface area contributed by atoms with E-state index in [2.05, 4.69) is 0 Å². The summed E-state index contributed by atoms with van der Waals surface area (Å²) in [7, 11) is 0. The second-order valence-corrected chi connectivity index (χ2v) is 3.14. The van der Waals surface area contributed by atoms with Crippen LogP contribution in [0.2, 0.25) is 0 Å². The number of phenolic OH excluding ortho intramolecular Hbond substituents is 2. The van der Waals surface area contributed by atoms with Gasteiger partial charge in [-0.1, -0.05) is 6.07 Å². The summed E-state index contributed by atoms with van der Waals surface area (Å²) in [4.78, 5) is 0. The van der Waals surface area contributed by atoms with E-state index in [0.29, 0.717) is 12.5 Å². The summed E-state index contributed by atoms with van der Waals surface area (Å²) in [5.41, 5.74) is 7.42. The molecule has 2 rings (SSSR count). The highest BCUT2D eigenvalue weighted by Gasteiger charge is 2.28. The molecule has 0 radical (unpaired) electrons. The highest BCUT2D eigenvalue weighted by molar-refractivity contribution is 5.55. The quantitative estimate of drug-likeness (QED) is 0.536. The van der Waals surface area contributed by atoms with Gasteiger partial charge in [-0.2, -0.15) is 0 Å². The van der Waals surface area contributed by atoms with E-state index in [9.17, 15) is 5.11 Å². The third-order valence-electron chi connectivity index (χ3n) is 2.47. The fourth-order valence-electron chi connectivity index (χ4n) is 1.67. The van der Waals surface area contributed by atoms with Gasteiger partial charge >= 0.3 is 0 Å². The van der Waals surface area contributed by atoms with Crippen LogP contribution in [0.15, 0.2) is 12.1 Å². The Morgan fingerprint density at radius 2 is 2.17 bits per heavy atom. The van der Waals surface area contributed by atoms with Gasteiger partial charge in [0.05, 0.1) is 0 Å². The summed E-state index contributed by atoms with van der Waals surface area (Å²) >= 11 is 0. The Hall–Kier alpha value is -1.22. The SMILES string of the molecule is NCC1Cc2c1ccc(O)c2O. The number of phenols is 2. The molecule has 3 heteroatoms. The van der Waals surface area contributed by atoms with Crippen LogP contribution in [-0.2, 0) is 6.42 Å². The fraction of sp³-hybridized carbons (Fsp3) is 0.333. The minimum Gasteiger partial charge on any atom is -0.504 e. The molecule has 0 fully saturated rings. The predicted octanol–water partition coefficient (Wildman–Crippen LogP) is 0.696. The van der Waals surface area contributed by atoms with Crippen molar-refractivity contribution < 1.29 is 10.2 Å². The van der Waals surface area contributed by atoms with E-state index in [0.717, 1.165) is 17.5 Å². The Morgan fingerprint density at radius 3 is 2.83 bits per heavy atom. The zero-order valence-corrected chi connectivity index (χ0v) is 6.62. The predicted molar refractivity (Wildman–Crippen MR) is 45.3 cm³/mol. The van der Waals surface area contributed by atoms with Gasteiger partial charge in [0.25, 0.3) is 0 Å². The molecule has 0 saturated heterocycles. The van der Waals surface area contributed by atoms with Crippen LogP contribution in [0, 0.1) is 0 Å². The van der Waals surface area contributed by atoms with Crippen molar-refractivity contribution in [2.75, 3.05) is 6.54 Å². The molecule has 0 aliphatic heterocycles. The average Bonchev–Trinajstić information content (AvgIpc) is 2.01. The van der Waals surface area contributed by atoms with Gasteiger partial charge in [-0.25, -0.2) is 0 Å². The molecular weight excluding hydrogens is 154 g/mol. The van der Waals surface area contributed by atoms with Crippen LogP contribution in [0.5, 0.6) is 11.5 Å². The lowest BCUT2D eigenvalue weighted by Crippen LogP contribution is -2.24. The summed E-state index contributed by atoms with van der Waals surface area (Å²) in [6.07, 6.45) is 0.784. The van der Waals surface area contributed by atoms with Crippen molar-refractivity contribution in [3.8, 4) is 11.5 Å². The molecule has 1 atom stereocenters. The van der Waals surface area contributed by atoms with Crippen molar-refractivity contribution in [1.82, 2.24) is 0 Å². The topological polar surface area (TPSA) is 66.5 Å². The number of benzene rings is 1. The lowest BCUT2D eigenvalue weighted by molar-refractivity contribution is 0.390. The number of rotatable bonds is 1. The van der Waals surface area contributed by atoms with Crippen LogP contribution in [0.4, 0.5) is 0 Å². The van der Waals surface area contributed by atoms with E-state index in [1.165, 1.54) is 6.07 Å². The highest BCUT2D eigenvalue weighted by atomic mass is 16.3. The van der Waals surface area contributed by atoms with Gasteiger partial charge in [-0.15, -0.1) is 0 Å². The van der Waals surface area contributed by atoms with Gasteiger partial charge in [-0.3, -0.25) is 0 Å². The Balaban J connectivity index is 2.45. The van der Waals surface area contributed by atoms with Gasteiger partial charge in [0.1, 0.15) is 0 Å². The summed E-state index contributed by atoms with van der Waals surface area (Å²) in [5, 5.41) is 18.5. The number of nitrogens with two attached hydrogens (primary N) is 1. The van der Waals surface area contributed by atoms with Crippen molar-refractivity contribution in [3.63, 3.8) is 0 Å². The normalized spacial score (nSPS) is 19.9. The fourth-order valence-corrected chi connectivity index (χ4v) is 1.67. The second-order valence-electron chi connectivity index (χ2n) is 3.14. The molecule has 64 valence electrons. The molecule has 3 nitrogen and oxygen atoms in total. The molecule has 1 aromatic carbocycles. The first-order valence-electron chi connectivity index (χ1n) is 3.97. The molecule has 0 aromatic heterocycles. The monoisotopic (exact) mass is 165 g/mol. The number of aromatic hydroxyl groups is 2. The van der Waals surface area contributed by atoms with E-state index in [1.54, 1.807) is 0 Å². The molecule has 1 unspecified atom stereocenters. The first kappa shape index (κ1) is 7.43. The van der Waals surface area contributed by atoms with E-state index >= 15 is 0 Å². The molecule has 4 N–H and O–H groups in total. The molecule has 1 aliphatic rings. The minimum atomic E-state index is -0.0378. The smallest absolute Gasteiger partial charge is 0.160 e. The maximum atomic E-state index is 9.36. The molecule has 0 heterocycles. The van der Waals surface area contributed by atoms with Crippen molar-refractivity contribution >= 4 is 0 Å². The lowest BCUT2D eigenvalue weighted by Gasteiger charge is -2.29. The van der Waals surface area contributed by atoms with Gasteiger partial charge < -0.3 is 15.9 Å². The molecule has 1 aliphatic carbocycles. The summed E-state index contributed by atoms with van der Waals surface area (Å²) in [5.74, 6) is 0.355.